The van der Waals surface area contributed by atoms with Crippen LogP contribution in [0.5, 0.6) is 0 Å². The Morgan fingerprint density at radius 2 is 1.91 bits per heavy atom. The van der Waals surface area contributed by atoms with Crippen LogP contribution in [0.2, 0.25) is 5.02 Å². The molecule has 0 aliphatic carbocycles. The number of halogens is 1. The Morgan fingerprint density at radius 1 is 1.18 bits per heavy atom. The van der Waals surface area contributed by atoms with Crippen LogP contribution < -0.4 is 10.2 Å². The minimum absolute atomic E-state index is 0.0780. The van der Waals surface area contributed by atoms with Gasteiger partial charge in [0.1, 0.15) is 0 Å². The molecule has 0 saturated carbocycles. The molecule has 112 valence electrons. The lowest BCUT2D eigenvalue weighted by molar-refractivity contribution is 0.0981. The molecular formula is C17H15ClN2O2. The summed E-state index contributed by atoms with van der Waals surface area (Å²) >= 11 is 5.83. The predicted octanol–water partition coefficient (Wildman–Crippen LogP) is 4.27. The van der Waals surface area contributed by atoms with Crippen molar-refractivity contribution in [2.24, 2.45) is 0 Å². The van der Waals surface area contributed by atoms with E-state index in [1.807, 2.05) is 25.1 Å². The molecule has 2 aromatic rings. The van der Waals surface area contributed by atoms with Crippen LogP contribution in [0.1, 0.15) is 22.3 Å². The monoisotopic (exact) mass is 314 g/mol. The van der Waals surface area contributed by atoms with Crippen LogP contribution in [0.15, 0.2) is 42.5 Å². The van der Waals surface area contributed by atoms with E-state index in [-0.39, 0.29) is 11.8 Å². The van der Waals surface area contributed by atoms with Crippen LogP contribution in [-0.4, -0.2) is 18.4 Å². The average Bonchev–Trinajstić information content (AvgIpc) is 2.50. The third-order valence-electron chi connectivity index (χ3n) is 3.65. The van der Waals surface area contributed by atoms with Gasteiger partial charge in [-0.05, 0) is 43.3 Å². The number of ketones is 1. The largest absolute Gasteiger partial charge is 0.326 e. The number of fused-ring (bicyclic) bond motifs is 1. The highest BCUT2D eigenvalue weighted by Crippen LogP contribution is 2.28. The molecule has 0 spiro atoms. The van der Waals surface area contributed by atoms with Gasteiger partial charge in [0.2, 0.25) is 0 Å². The Labute approximate surface area is 133 Å². The first-order valence-electron chi connectivity index (χ1n) is 7.02. The number of hydrogen-bond acceptors (Lipinski definition) is 2. The fraction of sp³-hybridized carbons (Fsp3) is 0.176. The molecule has 2 aromatic carbocycles. The van der Waals surface area contributed by atoms with Crippen LogP contribution in [0.25, 0.3) is 0 Å². The number of urea groups is 1. The van der Waals surface area contributed by atoms with E-state index in [0.29, 0.717) is 34.9 Å². The molecule has 0 saturated heterocycles. The van der Waals surface area contributed by atoms with Crippen LogP contribution in [0.3, 0.4) is 0 Å². The normalized spacial score (nSPS) is 13.7. The van der Waals surface area contributed by atoms with Gasteiger partial charge < -0.3 is 5.32 Å². The molecule has 1 heterocycles. The van der Waals surface area contributed by atoms with Gasteiger partial charge in [-0.2, -0.15) is 0 Å². The highest BCUT2D eigenvalue weighted by molar-refractivity contribution is 6.30. The molecule has 1 aliphatic rings. The lowest BCUT2D eigenvalue weighted by Gasteiger charge is -2.29. The number of hydrogen-bond donors (Lipinski definition) is 1. The number of carbonyl (C=O) groups excluding carboxylic acids is 2. The maximum atomic E-state index is 12.5. The van der Waals surface area contributed by atoms with Crippen molar-refractivity contribution >= 4 is 34.8 Å². The zero-order valence-electron chi connectivity index (χ0n) is 12.1. The molecule has 1 N–H and O–H groups in total. The first-order chi connectivity index (χ1) is 10.5. The Balaban J connectivity index is 1.86. The summed E-state index contributed by atoms with van der Waals surface area (Å²) in [6, 6.07) is 12.2. The van der Waals surface area contributed by atoms with Gasteiger partial charge in [0.05, 0.1) is 5.69 Å². The van der Waals surface area contributed by atoms with Crippen molar-refractivity contribution in [1.29, 1.82) is 0 Å². The van der Waals surface area contributed by atoms with E-state index < -0.39 is 0 Å². The minimum Gasteiger partial charge on any atom is -0.308 e. The van der Waals surface area contributed by atoms with E-state index in [1.165, 1.54) is 0 Å². The molecule has 2 amide bonds. The number of amides is 2. The summed E-state index contributed by atoms with van der Waals surface area (Å²) in [5.41, 5.74) is 2.94. The van der Waals surface area contributed by atoms with Gasteiger partial charge in [0.25, 0.3) is 0 Å². The van der Waals surface area contributed by atoms with Gasteiger partial charge in [0.15, 0.2) is 5.78 Å². The number of rotatable bonds is 1. The van der Waals surface area contributed by atoms with Crippen molar-refractivity contribution in [1.82, 2.24) is 0 Å². The van der Waals surface area contributed by atoms with Crippen LogP contribution in [0.4, 0.5) is 16.2 Å². The smallest absolute Gasteiger partial charge is 0.308 e. The highest BCUT2D eigenvalue weighted by atomic mass is 35.5. The SMILES string of the molecule is Cc1ccc2c(c1)C(=O)CCN2C(=O)Nc1ccc(Cl)cc1. The lowest BCUT2D eigenvalue weighted by Crippen LogP contribution is -2.40. The second-order valence-corrected chi connectivity index (χ2v) is 5.72. The van der Waals surface area contributed by atoms with Crippen LogP contribution in [-0.2, 0) is 0 Å². The van der Waals surface area contributed by atoms with Gasteiger partial charge in [-0.15, -0.1) is 0 Å². The summed E-state index contributed by atoms with van der Waals surface area (Å²) < 4.78 is 0. The van der Waals surface area contributed by atoms with Crippen molar-refractivity contribution in [2.45, 2.75) is 13.3 Å². The predicted molar refractivity (Wildman–Crippen MR) is 87.9 cm³/mol. The summed E-state index contributed by atoms with van der Waals surface area (Å²) in [5, 5.41) is 3.44. The number of nitrogens with zero attached hydrogens (tertiary/aromatic N) is 1. The quantitative estimate of drug-likeness (QED) is 0.854. The topological polar surface area (TPSA) is 49.4 Å². The Bertz CT molecular complexity index is 741. The molecule has 0 fully saturated rings. The van der Waals surface area contributed by atoms with Crippen LogP contribution >= 0.6 is 11.6 Å². The third-order valence-corrected chi connectivity index (χ3v) is 3.90. The standard InChI is InChI=1S/C17H15ClN2O2/c1-11-2-7-15-14(10-11)16(21)8-9-20(15)17(22)19-13-5-3-12(18)4-6-13/h2-7,10H,8-9H2,1H3,(H,19,22). The Hall–Kier alpha value is -2.33. The molecule has 0 unspecified atom stereocenters. The number of anilines is 2. The summed E-state index contributed by atoms with van der Waals surface area (Å²) in [7, 11) is 0. The Kier molecular flexibility index (Phi) is 3.86. The molecule has 0 aromatic heterocycles. The number of carbonyl (C=O) groups is 2. The maximum absolute atomic E-state index is 12.5. The van der Waals surface area contributed by atoms with E-state index in [4.69, 9.17) is 11.6 Å². The van der Waals surface area contributed by atoms with Crippen LogP contribution in [0, 0.1) is 6.92 Å². The summed E-state index contributed by atoms with van der Waals surface area (Å²) in [4.78, 5) is 26.1. The van der Waals surface area contributed by atoms with Gasteiger partial charge in [-0.3, -0.25) is 9.69 Å². The summed E-state index contributed by atoms with van der Waals surface area (Å²) in [6.45, 7) is 2.31. The third kappa shape index (κ3) is 2.83. The first-order valence-corrected chi connectivity index (χ1v) is 7.40. The van der Waals surface area contributed by atoms with E-state index in [0.717, 1.165) is 5.56 Å². The second-order valence-electron chi connectivity index (χ2n) is 5.28. The van der Waals surface area contributed by atoms with Crippen molar-refractivity contribution in [3.05, 3.63) is 58.6 Å². The van der Waals surface area contributed by atoms with Crippen molar-refractivity contribution in [2.75, 3.05) is 16.8 Å². The summed E-state index contributed by atoms with van der Waals surface area (Å²) in [6.07, 6.45) is 0.338. The molecule has 0 radical (unpaired) electrons. The minimum atomic E-state index is -0.250. The zero-order chi connectivity index (χ0) is 15.7. The fourth-order valence-corrected chi connectivity index (χ4v) is 2.64. The number of aryl methyl sites for hydroxylation is 1. The fourth-order valence-electron chi connectivity index (χ4n) is 2.51. The van der Waals surface area contributed by atoms with Crippen molar-refractivity contribution < 1.29 is 9.59 Å². The number of benzene rings is 2. The molecule has 3 rings (SSSR count). The first kappa shape index (κ1) is 14.6. The highest BCUT2D eigenvalue weighted by Gasteiger charge is 2.27. The van der Waals surface area contributed by atoms with Gasteiger partial charge >= 0.3 is 6.03 Å². The molecule has 1 aliphatic heterocycles. The van der Waals surface area contributed by atoms with Gasteiger partial charge in [-0.25, -0.2) is 4.79 Å². The molecule has 4 nitrogen and oxygen atoms in total. The van der Waals surface area contributed by atoms with Crippen molar-refractivity contribution in [3.63, 3.8) is 0 Å². The molecule has 0 bridgehead atoms. The van der Waals surface area contributed by atoms with E-state index >= 15 is 0 Å². The van der Waals surface area contributed by atoms with Crippen molar-refractivity contribution in [3.8, 4) is 0 Å². The van der Waals surface area contributed by atoms with E-state index in [1.54, 1.807) is 29.2 Å². The average molecular weight is 315 g/mol. The van der Waals surface area contributed by atoms with E-state index in [9.17, 15) is 9.59 Å². The van der Waals surface area contributed by atoms with Gasteiger partial charge in [-0.1, -0.05) is 23.2 Å². The molecular weight excluding hydrogens is 300 g/mol. The van der Waals surface area contributed by atoms with E-state index in [2.05, 4.69) is 5.32 Å². The maximum Gasteiger partial charge on any atom is 0.326 e. The molecule has 22 heavy (non-hydrogen) atoms. The summed E-state index contributed by atoms with van der Waals surface area (Å²) in [5.74, 6) is 0.0780. The molecule has 0 atom stereocenters. The number of nitrogens with one attached hydrogen (secondary N) is 1. The lowest BCUT2D eigenvalue weighted by atomic mass is 9.98. The zero-order valence-corrected chi connectivity index (χ0v) is 12.9. The Morgan fingerprint density at radius 3 is 2.64 bits per heavy atom. The molecule has 5 heteroatoms. The number of Topliss-reactive ketones (excluding diaryl/α,β-unsaturated/α-hetero) is 1. The van der Waals surface area contributed by atoms with Gasteiger partial charge in [0, 0.05) is 29.2 Å². The second kappa shape index (κ2) is 5.81.